The molecule has 140 valence electrons. The third-order valence-electron chi connectivity index (χ3n) is 3.76. The van der Waals surface area contributed by atoms with Crippen molar-refractivity contribution in [3.63, 3.8) is 0 Å². The number of nitrogens with one attached hydrogen (secondary N) is 2. The first-order valence-corrected chi connectivity index (χ1v) is 10.4. The number of benzene rings is 2. The number of carbonyl (C=O) groups is 1. The fraction of sp³-hybridized carbons (Fsp3) is 0.105. The van der Waals surface area contributed by atoms with Gasteiger partial charge in [-0.1, -0.05) is 24.3 Å². The molecule has 1 aromatic heterocycles. The van der Waals surface area contributed by atoms with Crippen LogP contribution in [0.5, 0.6) is 5.75 Å². The fourth-order valence-electron chi connectivity index (χ4n) is 2.42. The van der Waals surface area contributed by atoms with Crippen molar-refractivity contribution in [2.75, 3.05) is 11.8 Å². The van der Waals surface area contributed by atoms with Crippen molar-refractivity contribution in [2.45, 2.75) is 11.4 Å². The van der Waals surface area contributed by atoms with Gasteiger partial charge in [-0.2, -0.15) is 0 Å². The molecule has 8 heteroatoms. The van der Waals surface area contributed by atoms with Gasteiger partial charge in [0.25, 0.3) is 15.9 Å². The minimum atomic E-state index is -3.87. The summed E-state index contributed by atoms with van der Waals surface area (Å²) in [5.41, 5.74) is 0.599. The third kappa shape index (κ3) is 4.66. The van der Waals surface area contributed by atoms with Crippen LogP contribution in [-0.4, -0.2) is 21.4 Å². The summed E-state index contributed by atoms with van der Waals surface area (Å²) in [5.74, 6) is 0.0728. The number of methoxy groups -OCH3 is 1. The number of anilines is 1. The van der Waals surface area contributed by atoms with E-state index in [-0.39, 0.29) is 16.4 Å². The van der Waals surface area contributed by atoms with Gasteiger partial charge in [0.15, 0.2) is 0 Å². The molecule has 0 unspecified atom stereocenters. The van der Waals surface area contributed by atoms with E-state index in [4.69, 9.17) is 4.74 Å². The lowest BCUT2D eigenvalue weighted by Gasteiger charge is -2.12. The molecule has 0 atom stereocenters. The summed E-state index contributed by atoms with van der Waals surface area (Å²) in [4.78, 5) is 13.4. The molecular formula is C19H18N2O4S2. The number of para-hydroxylation sites is 2. The number of carbonyl (C=O) groups excluding carboxylic acids is 1. The highest BCUT2D eigenvalue weighted by Crippen LogP contribution is 2.26. The van der Waals surface area contributed by atoms with Crippen LogP contribution < -0.4 is 14.8 Å². The molecule has 0 aliphatic rings. The van der Waals surface area contributed by atoms with Gasteiger partial charge in [-0.05, 0) is 41.8 Å². The van der Waals surface area contributed by atoms with Gasteiger partial charge < -0.3 is 10.1 Å². The fourth-order valence-corrected chi connectivity index (χ4v) is 4.18. The number of rotatable bonds is 7. The van der Waals surface area contributed by atoms with Crippen molar-refractivity contribution in [3.8, 4) is 5.75 Å². The Morgan fingerprint density at radius 3 is 2.63 bits per heavy atom. The lowest BCUT2D eigenvalue weighted by Crippen LogP contribution is -2.23. The molecule has 0 saturated heterocycles. The van der Waals surface area contributed by atoms with Crippen LogP contribution in [0, 0.1) is 0 Å². The van der Waals surface area contributed by atoms with Crippen LogP contribution in [0.1, 0.15) is 15.2 Å². The van der Waals surface area contributed by atoms with Crippen LogP contribution in [0.2, 0.25) is 0 Å². The molecule has 3 aromatic rings. The molecule has 0 saturated carbocycles. The van der Waals surface area contributed by atoms with Crippen LogP contribution in [0.25, 0.3) is 0 Å². The first-order chi connectivity index (χ1) is 13.0. The van der Waals surface area contributed by atoms with Gasteiger partial charge in [-0.25, -0.2) is 8.42 Å². The number of hydrogen-bond acceptors (Lipinski definition) is 5. The summed E-state index contributed by atoms with van der Waals surface area (Å²) >= 11 is 1.54. The quantitative estimate of drug-likeness (QED) is 0.634. The van der Waals surface area contributed by atoms with Crippen molar-refractivity contribution in [1.82, 2.24) is 5.32 Å². The molecule has 0 aliphatic heterocycles. The predicted molar refractivity (Wildman–Crippen MR) is 106 cm³/mol. The number of amides is 1. The maximum Gasteiger partial charge on any atom is 0.262 e. The van der Waals surface area contributed by atoms with E-state index in [9.17, 15) is 13.2 Å². The summed E-state index contributed by atoms with van der Waals surface area (Å²) < 4.78 is 33.0. The lowest BCUT2D eigenvalue weighted by molar-refractivity contribution is 0.0951. The van der Waals surface area contributed by atoms with Crippen molar-refractivity contribution in [3.05, 3.63) is 76.5 Å². The molecule has 2 N–H and O–H groups in total. The largest absolute Gasteiger partial charge is 0.495 e. The Hall–Kier alpha value is -2.84. The molecule has 27 heavy (non-hydrogen) atoms. The van der Waals surface area contributed by atoms with Gasteiger partial charge >= 0.3 is 0 Å². The van der Waals surface area contributed by atoms with E-state index < -0.39 is 10.0 Å². The first kappa shape index (κ1) is 18.9. The Morgan fingerprint density at radius 1 is 1.07 bits per heavy atom. The van der Waals surface area contributed by atoms with Gasteiger partial charge in [0.1, 0.15) is 5.75 Å². The van der Waals surface area contributed by atoms with E-state index in [0.29, 0.717) is 18.0 Å². The monoisotopic (exact) mass is 402 g/mol. The molecule has 1 amide bonds. The van der Waals surface area contributed by atoms with Crippen molar-refractivity contribution in [2.24, 2.45) is 0 Å². The van der Waals surface area contributed by atoms with E-state index in [1.165, 1.54) is 36.6 Å². The first-order valence-electron chi connectivity index (χ1n) is 8.06. The number of ether oxygens (including phenoxy) is 1. The normalized spacial score (nSPS) is 11.0. The molecule has 0 radical (unpaired) electrons. The zero-order valence-electron chi connectivity index (χ0n) is 14.5. The van der Waals surface area contributed by atoms with Crippen LogP contribution in [0.3, 0.4) is 0 Å². The summed E-state index contributed by atoms with van der Waals surface area (Å²) in [7, 11) is -2.40. The number of hydrogen-bond donors (Lipinski definition) is 2. The maximum absolute atomic E-state index is 12.7. The zero-order chi connectivity index (χ0) is 19.3. The molecule has 1 heterocycles. The molecule has 6 nitrogen and oxygen atoms in total. The molecule has 2 aromatic carbocycles. The van der Waals surface area contributed by atoms with Crippen molar-refractivity contribution < 1.29 is 17.9 Å². The minimum absolute atomic E-state index is 0.00261. The van der Waals surface area contributed by atoms with Gasteiger partial charge in [0, 0.05) is 10.4 Å². The second-order valence-electron chi connectivity index (χ2n) is 5.60. The lowest BCUT2D eigenvalue weighted by atomic mass is 10.2. The van der Waals surface area contributed by atoms with E-state index in [1.807, 2.05) is 17.5 Å². The standard InChI is InChI=1S/C19H18N2O4S2/c1-25-18-10-3-2-9-17(18)21-27(23,24)16-8-4-6-14(12-16)19(22)20-13-15-7-5-11-26-15/h2-12,21H,13H2,1H3,(H,20,22). The Labute approximate surface area is 161 Å². The van der Waals surface area contributed by atoms with Gasteiger partial charge in [0.2, 0.25) is 0 Å². The molecular weight excluding hydrogens is 384 g/mol. The van der Waals surface area contributed by atoms with Crippen LogP contribution in [-0.2, 0) is 16.6 Å². The van der Waals surface area contributed by atoms with Crippen LogP contribution in [0.15, 0.2) is 70.9 Å². The predicted octanol–water partition coefficient (Wildman–Crippen LogP) is 3.49. The van der Waals surface area contributed by atoms with Crippen molar-refractivity contribution >= 4 is 33.0 Å². The van der Waals surface area contributed by atoms with Gasteiger partial charge in [0.05, 0.1) is 24.2 Å². The second kappa shape index (κ2) is 8.24. The maximum atomic E-state index is 12.7. The summed E-state index contributed by atoms with van der Waals surface area (Å²) in [5, 5.41) is 4.71. The minimum Gasteiger partial charge on any atom is -0.495 e. The van der Waals surface area contributed by atoms with Gasteiger partial charge in [-0.15, -0.1) is 11.3 Å². The average molecular weight is 402 g/mol. The third-order valence-corrected chi connectivity index (χ3v) is 6.00. The molecule has 0 bridgehead atoms. The molecule has 0 aliphatic carbocycles. The summed E-state index contributed by atoms with van der Waals surface area (Å²) in [6.45, 7) is 0.396. The SMILES string of the molecule is COc1ccccc1NS(=O)(=O)c1cccc(C(=O)NCc2cccs2)c1. The Morgan fingerprint density at radius 2 is 1.89 bits per heavy atom. The highest BCUT2D eigenvalue weighted by Gasteiger charge is 2.18. The Balaban J connectivity index is 1.78. The van der Waals surface area contributed by atoms with E-state index >= 15 is 0 Å². The number of thiophene rings is 1. The average Bonchev–Trinajstić information content (AvgIpc) is 3.20. The van der Waals surface area contributed by atoms with Crippen LogP contribution >= 0.6 is 11.3 Å². The van der Waals surface area contributed by atoms with Crippen molar-refractivity contribution in [1.29, 1.82) is 0 Å². The topological polar surface area (TPSA) is 84.5 Å². The second-order valence-corrected chi connectivity index (χ2v) is 8.31. The smallest absolute Gasteiger partial charge is 0.262 e. The van der Waals surface area contributed by atoms with Crippen LogP contribution in [0.4, 0.5) is 5.69 Å². The zero-order valence-corrected chi connectivity index (χ0v) is 16.1. The number of sulfonamides is 1. The molecule has 3 rings (SSSR count). The highest BCUT2D eigenvalue weighted by molar-refractivity contribution is 7.92. The summed E-state index contributed by atoms with van der Waals surface area (Å²) in [6, 6.07) is 16.4. The molecule has 0 spiro atoms. The molecule has 0 fully saturated rings. The Bertz CT molecular complexity index is 1030. The summed E-state index contributed by atoms with van der Waals surface area (Å²) in [6.07, 6.45) is 0. The van der Waals surface area contributed by atoms with Gasteiger partial charge in [-0.3, -0.25) is 9.52 Å². The van der Waals surface area contributed by atoms with E-state index in [0.717, 1.165) is 4.88 Å². The Kier molecular flexibility index (Phi) is 5.78. The highest BCUT2D eigenvalue weighted by atomic mass is 32.2. The van der Waals surface area contributed by atoms with E-state index in [1.54, 1.807) is 30.3 Å². The van der Waals surface area contributed by atoms with E-state index in [2.05, 4.69) is 10.0 Å².